The summed E-state index contributed by atoms with van der Waals surface area (Å²) in [6.07, 6.45) is 9.38. The standard InChI is InChI=1S/2C6H10N2/c2*7-5-2-1-3-6(8)4-5/h2*4,7H,1-3,8H2. The van der Waals surface area contributed by atoms with Gasteiger partial charge < -0.3 is 22.3 Å². The predicted octanol–water partition coefficient (Wildman–Crippen LogP) is 2.07. The molecule has 0 saturated heterocycles. The Kier molecular flexibility index (Phi) is 4.76. The SMILES string of the molecule is N=C1C=C(N)CCC1.N=C1C=C(N)CCC1. The van der Waals surface area contributed by atoms with E-state index >= 15 is 0 Å². The summed E-state index contributed by atoms with van der Waals surface area (Å²) in [5, 5.41) is 14.3. The van der Waals surface area contributed by atoms with E-state index in [9.17, 15) is 0 Å². The highest BCUT2D eigenvalue weighted by Crippen LogP contribution is 2.10. The van der Waals surface area contributed by atoms with Crippen molar-refractivity contribution in [2.45, 2.75) is 38.5 Å². The van der Waals surface area contributed by atoms with Gasteiger partial charge in [-0.2, -0.15) is 0 Å². The maximum Gasteiger partial charge on any atom is 0.0331 e. The first-order valence-electron chi connectivity index (χ1n) is 5.65. The average Bonchev–Trinajstić information content (AvgIpc) is 2.17. The van der Waals surface area contributed by atoms with E-state index in [1.165, 1.54) is 0 Å². The molecule has 0 atom stereocenters. The second kappa shape index (κ2) is 6.10. The fraction of sp³-hybridized carbons (Fsp3) is 0.500. The van der Waals surface area contributed by atoms with Crippen LogP contribution in [0.3, 0.4) is 0 Å². The average molecular weight is 220 g/mol. The van der Waals surface area contributed by atoms with Crippen LogP contribution < -0.4 is 11.5 Å². The van der Waals surface area contributed by atoms with Crippen LogP contribution in [0.4, 0.5) is 0 Å². The van der Waals surface area contributed by atoms with Crippen LogP contribution in [0.1, 0.15) is 38.5 Å². The summed E-state index contributed by atoms with van der Waals surface area (Å²) in [5.41, 5.74) is 14.0. The van der Waals surface area contributed by atoms with Crippen molar-refractivity contribution in [2.75, 3.05) is 0 Å². The highest BCUT2D eigenvalue weighted by molar-refractivity contribution is 5.93. The summed E-state index contributed by atoms with van der Waals surface area (Å²) in [6, 6.07) is 0. The summed E-state index contributed by atoms with van der Waals surface area (Å²) < 4.78 is 0. The maximum atomic E-state index is 7.16. The number of rotatable bonds is 0. The van der Waals surface area contributed by atoms with Crippen molar-refractivity contribution in [3.8, 4) is 0 Å². The zero-order chi connectivity index (χ0) is 12.0. The molecular formula is C12H20N4. The topological polar surface area (TPSA) is 99.7 Å². The van der Waals surface area contributed by atoms with Crippen LogP contribution >= 0.6 is 0 Å². The molecule has 6 N–H and O–H groups in total. The molecule has 2 rings (SSSR count). The number of allylic oxidation sites excluding steroid dienone is 4. The van der Waals surface area contributed by atoms with Gasteiger partial charge in [-0.05, 0) is 50.7 Å². The van der Waals surface area contributed by atoms with Crippen molar-refractivity contribution in [1.82, 2.24) is 0 Å². The molecule has 0 aliphatic heterocycles. The lowest BCUT2D eigenvalue weighted by molar-refractivity contribution is 0.823. The van der Waals surface area contributed by atoms with Gasteiger partial charge in [-0.3, -0.25) is 0 Å². The van der Waals surface area contributed by atoms with Gasteiger partial charge in [0.2, 0.25) is 0 Å². The van der Waals surface area contributed by atoms with Gasteiger partial charge in [0, 0.05) is 22.8 Å². The second-order valence-corrected chi connectivity index (χ2v) is 4.20. The molecule has 16 heavy (non-hydrogen) atoms. The summed E-state index contributed by atoms with van der Waals surface area (Å²) in [7, 11) is 0. The molecule has 0 spiro atoms. The van der Waals surface area contributed by atoms with Crippen LogP contribution in [0.25, 0.3) is 0 Å². The fourth-order valence-electron chi connectivity index (χ4n) is 1.70. The maximum absolute atomic E-state index is 7.16. The molecule has 2 aliphatic carbocycles. The zero-order valence-corrected chi connectivity index (χ0v) is 9.55. The summed E-state index contributed by atoms with van der Waals surface area (Å²) in [4.78, 5) is 0. The first-order chi connectivity index (χ1) is 7.58. The molecule has 0 aromatic heterocycles. The van der Waals surface area contributed by atoms with Gasteiger partial charge in [-0.15, -0.1) is 0 Å². The van der Waals surface area contributed by atoms with E-state index < -0.39 is 0 Å². The van der Waals surface area contributed by atoms with Crippen molar-refractivity contribution in [2.24, 2.45) is 11.5 Å². The molecule has 0 aromatic carbocycles. The third-order valence-corrected chi connectivity index (χ3v) is 2.54. The predicted molar refractivity (Wildman–Crippen MR) is 67.7 cm³/mol. The molecule has 0 radical (unpaired) electrons. The van der Waals surface area contributed by atoms with Crippen molar-refractivity contribution in [1.29, 1.82) is 10.8 Å². The van der Waals surface area contributed by atoms with Crippen LogP contribution in [0, 0.1) is 10.8 Å². The van der Waals surface area contributed by atoms with Gasteiger partial charge in [-0.25, -0.2) is 0 Å². The first kappa shape index (κ1) is 12.5. The van der Waals surface area contributed by atoms with Crippen molar-refractivity contribution < 1.29 is 0 Å². The summed E-state index contributed by atoms with van der Waals surface area (Å²) in [5.74, 6) is 0. The minimum atomic E-state index is 0.675. The van der Waals surface area contributed by atoms with E-state index in [1.807, 2.05) is 0 Å². The molecule has 2 aliphatic rings. The molecule has 88 valence electrons. The monoisotopic (exact) mass is 220 g/mol. The molecule has 0 amide bonds. The lowest BCUT2D eigenvalue weighted by Gasteiger charge is -2.07. The van der Waals surface area contributed by atoms with E-state index in [4.69, 9.17) is 22.3 Å². The lowest BCUT2D eigenvalue weighted by Crippen LogP contribution is -2.07. The molecule has 0 fully saturated rings. The Hall–Kier alpha value is -1.58. The van der Waals surface area contributed by atoms with E-state index in [2.05, 4.69) is 0 Å². The quantitative estimate of drug-likeness (QED) is 0.502. The molecule has 0 aromatic rings. The van der Waals surface area contributed by atoms with Gasteiger partial charge in [-0.1, -0.05) is 0 Å². The van der Waals surface area contributed by atoms with Gasteiger partial charge in [0.15, 0.2) is 0 Å². The number of nitrogens with one attached hydrogen (secondary N) is 2. The van der Waals surface area contributed by atoms with Gasteiger partial charge in [0.1, 0.15) is 0 Å². The Labute approximate surface area is 96.4 Å². The van der Waals surface area contributed by atoms with Crippen molar-refractivity contribution >= 4 is 11.4 Å². The summed E-state index contributed by atoms with van der Waals surface area (Å²) in [6.45, 7) is 0. The van der Waals surface area contributed by atoms with Gasteiger partial charge in [0.25, 0.3) is 0 Å². The highest BCUT2D eigenvalue weighted by Gasteiger charge is 2.02. The third-order valence-electron chi connectivity index (χ3n) is 2.54. The zero-order valence-electron chi connectivity index (χ0n) is 9.55. The molecule has 4 nitrogen and oxygen atoms in total. The second-order valence-electron chi connectivity index (χ2n) is 4.20. The fourth-order valence-corrected chi connectivity index (χ4v) is 1.70. The van der Waals surface area contributed by atoms with Crippen molar-refractivity contribution in [3.63, 3.8) is 0 Å². The van der Waals surface area contributed by atoms with E-state index in [-0.39, 0.29) is 0 Å². The Bertz CT molecular complexity index is 305. The third kappa shape index (κ3) is 4.77. The normalized spacial score (nSPS) is 20.5. The lowest BCUT2D eigenvalue weighted by atomic mass is 10.0. The minimum absolute atomic E-state index is 0.675. The van der Waals surface area contributed by atoms with Crippen LogP contribution in [0.15, 0.2) is 23.5 Å². The summed E-state index contributed by atoms with van der Waals surface area (Å²) >= 11 is 0. The Morgan fingerprint density at radius 2 is 1.12 bits per heavy atom. The molecule has 4 heteroatoms. The smallest absolute Gasteiger partial charge is 0.0331 e. The Morgan fingerprint density at radius 1 is 0.750 bits per heavy atom. The Balaban J connectivity index is 0.000000160. The molecular weight excluding hydrogens is 200 g/mol. The first-order valence-corrected chi connectivity index (χ1v) is 5.65. The van der Waals surface area contributed by atoms with Crippen molar-refractivity contribution in [3.05, 3.63) is 23.5 Å². The molecule has 0 unspecified atom stereocenters. The van der Waals surface area contributed by atoms with Crippen LogP contribution in [0.5, 0.6) is 0 Å². The van der Waals surface area contributed by atoms with E-state index in [0.717, 1.165) is 49.9 Å². The molecule has 0 heterocycles. The Morgan fingerprint density at radius 3 is 1.31 bits per heavy atom. The number of hydrogen-bond donors (Lipinski definition) is 4. The van der Waals surface area contributed by atoms with Gasteiger partial charge in [0.05, 0.1) is 0 Å². The van der Waals surface area contributed by atoms with Crippen LogP contribution in [-0.4, -0.2) is 11.4 Å². The largest absolute Gasteiger partial charge is 0.402 e. The van der Waals surface area contributed by atoms with Crippen LogP contribution in [-0.2, 0) is 0 Å². The number of hydrogen-bond acceptors (Lipinski definition) is 4. The van der Waals surface area contributed by atoms with Crippen LogP contribution in [0.2, 0.25) is 0 Å². The highest BCUT2D eigenvalue weighted by atomic mass is 14.6. The molecule has 0 saturated carbocycles. The molecule has 0 bridgehead atoms. The van der Waals surface area contributed by atoms with Gasteiger partial charge >= 0.3 is 0 Å². The minimum Gasteiger partial charge on any atom is -0.402 e. The number of nitrogens with two attached hydrogens (primary N) is 2. The van der Waals surface area contributed by atoms with E-state index in [0.29, 0.717) is 11.4 Å². The van der Waals surface area contributed by atoms with E-state index in [1.54, 1.807) is 12.2 Å².